The van der Waals surface area contributed by atoms with Gasteiger partial charge in [0, 0.05) is 22.0 Å². The molecule has 1 heterocycles. The Morgan fingerprint density at radius 2 is 2.33 bits per heavy atom. The smallest absolute Gasteiger partial charge is 0.365 e. The second kappa shape index (κ2) is 4.83. The van der Waals surface area contributed by atoms with Crippen LogP contribution in [0.15, 0.2) is 16.7 Å². The molecule has 0 atom stereocenters. The molecular formula is C8H7BrN2O4. The highest BCUT2D eigenvalue weighted by molar-refractivity contribution is 9.10. The molecule has 1 aromatic heterocycles. The van der Waals surface area contributed by atoms with Crippen LogP contribution < -0.4 is 0 Å². The van der Waals surface area contributed by atoms with Gasteiger partial charge in [-0.2, -0.15) is 0 Å². The van der Waals surface area contributed by atoms with Crippen LogP contribution in [0.5, 0.6) is 0 Å². The number of rotatable bonds is 3. The predicted octanol–water partition coefficient (Wildman–Crippen LogP) is 1.93. The Morgan fingerprint density at radius 3 is 2.87 bits per heavy atom. The van der Waals surface area contributed by atoms with E-state index in [0.29, 0.717) is 0 Å². The van der Waals surface area contributed by atoms with Crippen LogP contribution in [0.25, 0.3) is 0 Å². The van der Waals surface area contributed by atoms with E-state index in [2.05, 4.69) is 20.9 Å². The molecule has 1 rings (SSSR count). The molecular weight excluding hydrogens is 268 g/mol. The molecule has 0 unspecified atom stereocenters. The average Bonchev–Trinajstić information content (AvgIpc) is 2.17. The summed E-state index contributed by atoms with van der Waals surface area (Å²) in [6, 6.07) is 2.44. The Labute approximate surface area is 93.5 Å². The highest BCUT2D eigenvalue weighted by Gasteiger charge is 2.16. The number of carbonyl (C=O) groups excluding carboxylic acids is 1. The van der Waals surface area contributed by atoms with Gasteiger partial charge in [-0.05, 0) is 16.8 Å². The fourth-order valence-corrected chi connectivity index (χ4v) is 1.34. The van der Waals surface area contributed by atoms with Gasteiger partial charge >= 0.3 is 11.8 Å². The Kier molecular flexibility index (Phi) is 3.73. The van der Waals surface area contributed by atoms with E-state index in [-0.39, 0.29) is 16.8 Å². The summed E-state index contributed by atoms with van der Waals surface area (Å²) in [4.78, 5) is 24.6. The number of aromatic nitrogens is 1. The fourth-order valence-electron chi connectivity index (χ4n) is 0.909. The molecule has 15 heavy (non-hydrogen) atoms. The third-order valence-electron chi connectivity index (χ3n) is 1.48. The first-order valence-electron chi connectivity index (χ1n) is 4.03. The molecule has 0 saturated heterocycles. The van der Waals surface area contributed by atoms with E-state index in [1.54, 1.807) is 6.92 Å². The standard InChI is InChI=1S/C8H7BrN2O4/c1-2-15-8(12)5-3-6(9)10-7(4-5)11(13)14/h3-4H,2H2,1H3. The third-order valence-corrected chi connectivity index (χ3v) is 1.88. The van der Waals surface area contributed by atoms with E-state index in [1.165, 1.54) is 6.07 Å². The molecule has 0 aliphatic heterocycles. The van der Waals surface area contributed by atoms with Gasteiger partial charge in [0.05, 0.1) is 18.2 Å². The van der Waals surface area contributed by atoms with E-state index < -0.39 is 16.7 Å². The van der Waals surface area contributed by atoms with Crippen molar-refractivity contribution < 1.29 is 14.5 Å². The first-order valence-corrected chi connectivity index (χ1v) is 4.83. The minimum absolute atomic E-state index is 0.102. The number of nitrogens with zero attached hydrogens (tertiary/aromatic N) is 2. The molecule has 7 heteroatoms. The Balaban J connectivity index is 3.09. The topological polar surface area (TPSA) is 82.3 Å². The maximum Gasteiger partial charge on any atom is 0.365 e. The number of carbonyl (C=O) groups is 1. The second-order valence-corrected chi connectivity index (χ2v) is 3.33. The molecule has 0 amide bonds. The third kappa shape index (κ3) is 2.98. The number of pyridine rings is 1. The molecule has 6 nitrogen and oxygen atoms in total. The van der Waals surface area contributed by atoms with Gasteiger partial charge in [0.2, 0.25) is 4.60 Å². The van der Waals surface area contributed by atoms with E-state index in [0.717, 1.165) is 6.07 Å². The maximum atomic E-state index is 11.3. The van der Waals surface area contributed by atoms with Crippen LogP contribution in [-0.4, -0.2) is 22.5 Å². The number of halogens is 1. The summed E-state index contributed by atoms with van der Waals surface area (Å²) in [5.41, 5.74) is 0.102. The lowest BCUT2D eigenvalue weighted by molar-refractivity contribution is -0.389. The summed E-state index contributed by atoms with van der Waals surface area (Å²) in [5, 5.41) is 10.5. The summed E-state index contributed by atoms with van der Waals surface area (Å²) in [6.45, 7) is 1.87. The first-order chi connectivity index (χ1) is 7.04. The van der Waals surface area contributed by atoms with Gasteiger partial charge in [-0.25, -0.2) is 4.79 Å². The summed E-state index contributed by atoms with van der Waals surface area (Å²) in [6.07, 6.45) is 0. The molecule has 0 spiro atoms. The lowest BCUT2D eigenvalue weighted by Crippen LogP contribution is -2.06. The van der Waals surface area contributed by atoms with Gasteiger partial charge < -0.3 is 14.9 Å². The second-order valence-electron chi connectivity index (χ2n) is 2.51. The fraction of sp³-hybridized carbons (Fsp3) is 0.250. The van der Waals surface area contributed by atoms with Crippen molar-refractivity contribution >= 4 is 27.7 Å². The van der Waals surface area contributed by atoms with Gasteiger partial charge in [0.1, 0.15) is 0 Å². The van der Waals surface area contributed by atoms with Crippen LogP contribution >= 0.6 is 15.9 Å². The number of esters is 1. The van der Waals surface area contributed by atoms with Gasteiger partial charge in [0.25, 0.3) is 0 Å². The van der Waals surface area contributed by atoms with E-state index in [1.807, 2.05) is 0 Å². The van der Waals surface area contributed by atoms with Gasteiger partial charge in [-0.1, -0.05) is 0 Å². The highest BCUT2D eigenvalue weighted by Crippen LogP contribution is 2.17. The van der Waals surface area contributed by atoms with Crippen LogP contribution in [0.1, 0.15) is 17.3 Å². The van der Waals surface area contributed by atoms with Crippen molar-refractivity contribution in [1.29, 1.82) is 0 Å². The molecule has 0 aromatic carbocycles. The van der Waals surface area contributed by atoms with Crippen LogP contribution in [0, 0.1) is 10.1 Å². The summed E-state index contributed by atoms with van der Waals surface area (Å²) >= 11 is 2.98. The first kappa shape index (κ1) is 11.6. The summed E-state index contributed by atoms with van der Waals surface area (Å²) in [7, 11) is 0. The van der Waals surface area contributed by atoms with Crippen molar-refractivity contribution in [2.45, 2.75) is 6.92 Å². The maximum absolute atomic E-state index is 11.3. The van der Waals surface area contributed by atoms with Crippen LogP contribution in [0.3, 0.4) is 0 Å². The van der Waals surface area contributed by atoms with Crippen LogP contribution in [0.4, 0.5) is 5.82 Å². The molecule has 0 saturated carbocycles. The van der Waals surface area contributed by atoms with E-state index >= 15 is 0 Å². The lowest BCUT2D eigenvalue weighted by atomic mass is 10.2. The molecule has 80 valence electrons. The quantitative estimate of drug-likeness (QED) is 0.364. The van der Waals surface area contributed by atoms with Crippen molar-refractivity contribution in [1.82, 2.24) is 4.98 Å². The minimum atomic E-state index is -0.673. The molecule has 0 aliphatic carbocycles. The summed E-state index contributed by atoms with van der Waals surface area (Å²) < 4.78 is 4.93. The monoisotopic (exact) mass is 274 g/mol. The van der Waals surface area contributed by atoms with Crippen LogP contribution in [-0.2, 0) is 4.74 Å². The number of hydrogen-bond donors (Lipinski definition) is 0. The molecule has 0 N–H and O–H groups in total. The normalized spacial score (nSPS) is 9.73. The van der Waals surface area contributed by atoms with E-state index in [9.17, 15) is 14.9 Å². The molecule has 0 fully saturated rings. The predicted molar refractivity (Wildman–Crippen MR) is 54.5 cm³/mol. The minimum Gasteiger partial charge on any atom is -0.462 e. The molecule has 0 radical (unpaired) electrons. The number of hydrogen-bond acceptors (Lipinski definition) is 5. The Morgan fingerprint density at radius 1 is 1.67 bits per heavy atom. The molecule has 0 aliphatic rings. The average molecular weight is 275 g/mol. The van der Waals surface area contributed by atoms with Gasteiger partial charge in [0.15, 0.2) is 0 Å². The van der Waals surface area contributed by atoms with Crippen LogP contribution in [0.2, 0.25) is 0 Å². The van der Waals surface area contributed by atoms with Crippen molar-refractivity contribution in [3.63, 3.8) is 0 Å². The number of ether oxygens (including phenoxy) is 1. The lowest BCUT2D eigenvalue weighted by Gasteiger charge is -2.00. The zero-order valence-corrected chi connectivity index (χ0v) is 9.35. The summed E-state index contributed by atoms with van der Waals surface area (Å²) in [5.74, 6) is -1.00. The number of nitro groups is 1. The zero-order chi connectivity index (χ0) is 11.4. The SMILES string of the molecule is CCOC(=O)c1cc(Br)nc([N+](=O)[O-])c1. The Hall–Kier alpha value is -1.50. The van der Waals surface area contributed by atoms with Gasteiger partial charge in [-0.15, -0.1) is 0 Å². The van der Waals surface area contributed by atoms with Crippen molar-refractivity contribution in [3.05, 3.63) is 32.4 Å². The van der Waals surface area contributed by atoms with Crippen molar-refractivity contribution in [3.8, 4) is 0 Å². The molecule has 1 aromatic rings. The highest BCUT2D eigenvalue weighted by atomic mass is 79.9. The zero-order valence-electron chi connectivity index (χ0n) is 7.77. The van der Waals surface area contributed by atoms with Crippen molar-refractivity contribution in [2.75, 3.05) is 6.61 Å². The molecule has 0 bridgehead atoms. The Bertz CT molecular complexity index is 408. The van der Waals surface area contributed by atoms with Crippen molar-refractivity contribution in [2.24, 2.45) is 0 Å². The largest absolute Gasteiger partial charge is 0.462 e. The van der Waals surface area contributed by atoms with E-state index in [4.69, 9.17) is 4.74 Å². The van der Waals surface area contributed by atoms with Gasteiger partial charge in [-0.3, -0.25) is 0 Å².